The molecule has 0 radical (unpaired) electrons. The van der Waals surface area contributed by atoms with Crippen LogP contribution in [0, 0.1) is 6.92 Å². The summed E-state index contributed by atoms with van der Waals surface area (Å²) in [6, 6.07) is 6.56. The van der Waals surface area contributed by atoms with Crippen molar-refractivity contribution in [1.82, 2.24) is 0 Å². The predicted octanol–water partition coefficient (Wildman–Crippen LogP) is 3.59. The molecular formula is C17H27BO2. The fourth-order valence-corrected chi connectivity index (χ4v) is 2.53. The Labute approximate surface area is 124 Å². The summed E-state index contributed by atoms with van der Waals surface area (Å²) in [4.78, 5) is 0. The van der Waals surface area contributed by atoms with Gasteiger partial charge in [-0.25, -0.2) is 0 Å². The van der Waals surface area contributed by atoms with Crippen LogP contribution in [-0.4, -0.2) is 18.3 Å². The predicted molar refractivity (Wildman–Crippen MR) is 85.6 cm³/mol. The van der Waals surface area contributed by atoms with Crippen molar-refractivity contribution in [1.29, 1.82) is 0 Å². The van der Waals surface area contributed by atoms with Crippen molar-refractivity contribution in [3.63, 3.8) is 0 Å². The van der Waals surface area contributed by atoms with Crippen molar-refractivity contribution in [2.75, 3.05) is 0 Å². The van der Waals surface area contributed by atoms with E-state index in [0.29, 0.717) is 0 Å². The molecule has 1 aliphatic heterocycles. The average molecular weight is 274 g/mol. The molecule has 1 aromatic rings. The fraction of sp³-hybridized carbons (Fsp3) is 0.647. The fourth-order valence-electron chi connectivity index (χ4n) is 2.53. The number of hydrogen-bond donors (Lipinski definition) is 0. The normalized spacial score (nSPS) is 21.3. The molecule has 1 saturated heterocycles. The summed E-state index contributed by atoms with van der Waals surface area (Å²) in [5, 5.41) is 0. The second-order valence-corrected chi connectivity index (χ2v) is 7.93. The monoisotopic (exact) mass is 274 g/mol. The Morgan fingerprint density at radius 1 is 0.950 bits per heavy atom. The maximum absolute atomic E-state index is 6.22. The molecule has 20 heavy (non-hydrogen) atoms. The molecule has 0 saturated carbocycles. The first-order chi connectivity index (χ1) is 8.94. The standard InChI is InChI=1S/C17H27BO2/c1-12-9-10-13(15(2,3)4)14(11-12)18-19-16(5,6)17(7,8)20-18/h9-11H,1-8H3. The first-order valence-electron chi connectivity index (χ1n) is 7.41. The Kier molecular flexibility index (Phi) is 3.59. The van der Waals surface area contributed by atoms with E-state index in [9.17, 15) is 0 Å². The third kappa shape index (κ3) is 2.66. The van der Waals surface area contributed by atoms with Crippen molar-refractivity contribution < 1.29 is 9.31 Å². The van der Waals surface area contributed by atoms with Gasteiger partial charge in [0.2, 0.25) is 0 Å². The van der Waals surface area contributed by atoms with Gasteiger partial charge in [0, 0.05) is 0 Å². The number of rotatable bonds is 1. The molecule has 1 fully saturated rings. The van der Waals surface area contributed by atoms with Crippen LogP contribution in [-0.2, 0) is 14.7 Å². The van der Waals surface area contributed by atoms with Gasteiger partial charge in [0.1, 0.15) is 0 Å². The van der Waals surface area contributed by atoms with Crippen molar-refractivity contribution in [2.45, 2.75) is 72.0 Å². The highest BCUT2D eigenvalue weighted by atomic mass is 16.7. The molecule has 0 aromatic heterocycles. The highest BCUT2D eigenvalue weighted by Gasteiger charge is 2.52. The Balaban J connectivity index is 2.47. The van der Waals surface area contributed by atoms with Crippen molar-refractivity contribution in [3.05, 3.63) is 29.3 Å². The van der Waals surface area contributed by atoms with Crippen LogP contribution in [0.3, 0.4) is 0 Å². The first-order valence-corrected chi connectivity index (χ1v) is 7.41. The summed E-state index contributed by atoms with van der Waals surface area (Å²) in [5.41, 5.74) is 3.18. The van der Waals surface area contributed by atoms with Gasteiger partial charge >= 0.3 is 7.12 Å². The second-order valence-electron chi connectivity index (χ2n) is 7.93. The molecule has 1 aromatic carbocycles. The Hall–Kier alpha value is -0.795. The molecule has 0 atom stereocenters. The van der Waals surface area contributed by atoms with E-state index in [1.165, 1.54) is 11.1 Å². The SMILES string of the molecule is Cc1ccc(C(C)(C)C)c(B2OC(C)(C)C(C)(C)O2)c1. The third-order valence-electron chi connectivity index (χ3n) is 4.52. The topological polar surface area (TPSA) is 18.5 Å². The van der Waals surface area contributed by atoms with E-state index in [0.717, 1.165) is 5.46 Å². The van der Waals surface area contributed by atoms with Crippen LogP contribution in [0.1, 0.15) is 59.6 Å². The smallest absolute Gasteiger partial charge is 0.399 e. The van der Waals surface area contributed by atoms with Crippen LogP contribution in [0.4, 0.5) is 0 Å². The zero-order valence-electron chi connectivity index (χ0n) is 14.1. The molecule has 0 unspecified atom stereocenters. The van der Waals surface area contributed by atoms with E-state index < -0.39 is 0 Å². The molecule has 1 heterocycles. The van der Waals surface area contributed by atoms with Crippen molar-refractivity contribution >= 4 is 12.6 Å². The zero-order chi connectivity index (χ0) is 15.3. The number of benzene rings is 1. The second kappa shape index (κ2) is 4.61. The van der Waals surface area contributed by atoms with E-state index in [4.69, 9.17) is 9.31 Å². The highest BCUT2D eigenvalue weighted by molar-refractivity contribution is 6.62. The minimum Gasteiger partial charge on any atom is -0.399 e. The van der Waals surface area contributed by atoms with Gasteiger partial charge < -0.3 is 9.31 Å². The quantitative estimate of drug-likeness (QED) is 0.729. The summed E-state index contributed by atoms with van der Waals surface area (Å²) in [5.74, 6) is 0. The van der Waals surface area contributed by atoms with E-state index in [-0.39, 0.29) is 23.7 Å². The maximum Gasteiger partial charge on any atom is 0.495 e. The third-order valence-corrected chi connectivity index (χ3v) is 4.52. The largest absolute Gasteiger partial charge is 0.495 e. The lowest BCUT2D eigenvalue weighted by atomic mass is 9.69. The van der Waals surface area contributed by atoms with Crippen LogP contribution in [0.15, 0.2) is 18.2 Å². The lowest BCUT2D eigenvalue weighted by Gasteiger charge is -2.32. The molecule has 0 N–H and O–H groups in total. The molecule has 0 spiro atoms. The molecular weight excluding hydrogens is 247 g/mol. The molecule has 0 bridgehead atoms. The molecule has 2 nitrogen and oxygen atoms in total. The molecule has 0 aliphatic carbocycles. The molecule has 2 rings (SSSR count). The first kappa shape index (κ1) is 15.6. The van der Waals surface area contributed by atoms with Crippen LogP contribution in [0.5, 0.6) is 0 Å². The molecule has 1 aliphatic rings. The summed E-state index contributed by atoms with van der Waals surface area (Å²) in [7, 11) is -0.283. The van der Waals surface area contributed by atoms with Gasteiger partial charge in [0.05, 0.1) is 11.2 Å². The van der Waals surface area contributed by atoms with Gasteiger partial charge in [0.15, 0.2) is 0 Å². The maximum atomic E-state index is 6.22. The molecule has 110 valence electrons. The van der Waals surface area contributed by atoms with Crippen LogP contribution in [0.2, 0.25) is 0 Å². The minimum atomic E-state index is -0.295. The summed E-state index contributed by atoms with van der Waals surface area (Å²) < 4.78 is 12.4. The molecule has 0 amide bonds. The van der Waals surface area contributed by atoms with Gasteiger partial charge in [0.25, 0.3) is 0 Å². The van der Waals surface area contributed by atoms with E-state index in [2.05, 4.69) is 73.6 Å². The Morgan fingerprint density at radius 2 is 1.45 bits per heavy atom. The lowest BCUT2D eigenvalue weighted by molar-refractivity contribution is 0.00578. The van der Waals surface area contributed by atoms with Gasteiger partial charge in [-0.3, -0.25) is 0 Å². The van der Waals surface area contributed by atoms with Gasteiger partial charge in [-0.15, -0.1) is 0 Å². The van der Waals surface area contributed by atoms with Crippen molar-refractivity contribution in [2.24, 2.45) is 0 Å². The van der Waals surface area contributed by atoms with Gasteiger partial charge in [-0.05, 0) is 51.1 Å². The summed E-state index contributed by atoms with van der Waals surface area (Å²) in [6.07, 6.45) is 0. The lowest BCUT2D eigenvalue weighted by Crippen LogP contribution is -2.41. The number of aryl methyl sites for hydroxylation is 1. The zero-order valence-corrected chi connectivity index (χ0v) is 14.1. The van der Waals surface area contributed by atoms with Gasteiger partial charge in [-0.1, -0.05) is 44.5 Å². The Bertz CT molecular complexity index is 496. The molecule has 3 heteroatoms. The highest BCUT2D eigenvalue weighted by Crippen LogP contribution is 2.37. The van der Waals surface area contributed by atoms with Crippen LogP contribution >= 0.6 is 0 Å². The van der Waals surface area contributed by atoms with Gasteiger partial charge in [-0.2, -0.15) is 0 Å². The van der Waals surface area contributed by atoms with Crippen LogP contribution < -0.4 is 5.46 Å². The minimum absolute atomic E-state index is 0.0760. The van der Waals surface area contributed by atoms with E-state index in [1.807, 2.05) is 0 Å². The van der Waals surface area contributed by atoms with Crippen molar-refractivity contribution in [3.8, 4) is 0 Å². The van der Waals surface area contributed by atoms with E-state index >= 15 is 0 Å². The summed E-state index contributed by atoms with van der Waals surface area (Å²) in [6.45, 7) is 17.2. The summed E-state index contributed by atoms with van der Waals surface area (Å²) >= 11 is 0. The number of hydrogen-bond acceptors (Lipinski definition) is 2. The Morgan fingerprint density at radius 3 is 1.90 bits per heavy atom. The van der Waals surface area contributed by atoms with E-state index in [1.54, 1.807) is 0 Å². The average Bonchev–Trinajstić information content (AvgIpc) is 2.46. The van der Waals surface area contributed by atoms with Crippen LogP contribution in [0.25, 0.3) is 0 Å².